The Hall–Kier alpha value is -6.10. The van der Waals surface area contributed by atoms with Crippen LogP contribution in [0.5, 0.6) is 0 Å². The van der Waals surface area contributed by atoms with Gasteiger partial charge >= 0.3 is 11.9 Å². The first-order valence-electron chi connectivity index (χ1n) is 23.6. The van der Waals surface area contributed by atoms with Crippen molar-refractivity contribution >= 4 is 11.9 Å². The first kappa shape index (κ1) is 48.9. The third-order valence-electron chi connectivity index (χ3n) is 12.2. The summed E-state index contributed by atoms with van der Waals surface area (Å²) in [5, 5.41) is 0. The van der Waals surface area contributed by atoms with Gasteiger partial charge in [0.15, 0.2) is 12.1 Å². The lowest BCUT2D eigenvalue weighted by atomic mass is 9.97. The molecular formula is C57H58O13. The van der Waals surface area contributed by atoms with Crippen molar-refractivity contribution in [3.8, 4) is 0 Å². The Labute approximate surface area is 408 Å². The van der Waals surface area contributed by atoms with Crippen LogP contribution in [0.3, 0.4) is 0 Å². The minimum atomic E-state index is -1.94. The van der Waals surface area contributed by atoms with Gasteiger partial charge in [0, 0.05) is 0 Å². The van der Waals surface area contributed by atoms with Crippen LogP contribution in [0.25, 0.3) is 0 Å². The van der Waals surface area contributed by atoms with Crippen LogP contribution in [0.2, 0.25) is 0 Å². The molecule has 9 rings (SSSR count). The second kappa shape index (κ2) is 23.2. The summed E-state index contributed by atoms with van der Waals surface area (Å²) in [5.41, 5.74) is 4.39. The van der Waals surface area contributed by atoms with Crippen molar-refractivity contribution in [3.63, 3.8) is 0 Å². The van der Waals surface area contributed by atoms with Crippen molar-refractivity contribution in [1.82, 2.24) is 0 Å². The smallest absolute Gasteiger partial charge is 0.338 e. The highest BCUT2D eigenvalue weighted by Gasteiger charge is 2.67. The van der Waals surface area contributed by atoms with Crippen LogP contribution in [0.15, 0.2) is 182 Å². The average molecular weight is 951 g/mol. The quantitative estimate of drug-likeness (QED) is 0.0636. The monoisotopic (exact) mass is 950 g/mol. The molecule has 364 valence electrons. The molecule has 13 nitrogen and oxygen atoms in total. The van der Waals surface area contributed by atoms with Gasteiger partial charge in [-0.2, -0.15) is 0 Å². The van der Waals surface area contributed by atoms with Gasteiger partial charge in [-0.25, -0.2) is 9.59 Å². The fourth-order valence-electron chi connectivity index (χ4n) is 8.84. The van der Waals surface area contributed by atoms with E-state index in [1.807, 2.05) is 133 Å². The SMILES string of the molecule is CC1(C)O[C@H]2[C@@H](O1)[C@](COC(=O)c1ccccc1)(O[C@H]1O[C@H](COCc3ccccc3)[C@@H](OCc3ccccc3)[C@H](OCc3ccccc3)[C@@H]1OCc1ccccc1)O[C@@H]2COC(=O)c1ccccc1. The van der Waals surface area contributed by atoms with Crippen molar-refractivity contribution in [1.29, 1.82) is 0 Å². The Morgan fingerprint density at radius 2 is 0.914 bits per heavy atom. The van der Waals surface area contributed by atoms with Gasteiger partial charge in [-0.1, -0.05) is 158 Å². The fourth-order valence-corrected chi connectivity index (χ4v) is 8.84. The van der Waals surface area contributed by atoms with Crippen molar-refractivity contribution in [2.75, 3.05) is 19.8 Å². The molecule has 3 aliphatic rings. The normalized spacial score (nSPS) is 25.7. The number of hydrogen-bond acceptors (Lipinski definition) is 13. The van der Waals surface area contributed by atoms with E-state index >= 15 is 0 Å². The minimum absolute atomic E-state index is 0.0540. The highest BCUT2D eigenvalue weighted by Crippen LogP contribution is 2.47. The van der Waals surface area contributed by atoms with Gasteiger partial charge in [0.2, 0.25) is 5.79 Å². The summed E-state index contributed by atoms with van der Waals surface area (Å²) in [4.78, 5) is 27.2. The first-order chi connectivity index (χ1) is 34.2. The Morgan fingerprint density at radius 3 is 1.43 bits per heavy atom. The Bertz CT molecular complexity index is 2540. The largest absolute Gasteiger partial charge is 0.459 e. The molecule has 3 heterocycles. The number of esters is 2. The Kier molecular flexibility index (Phi) is 16.2. The molecule has 13 heteroatoms. The van der Waals surface area contributed by atoms with E-state index < -0.39 is 79.1 Å². The summed E-state index contributed by atoms with van der Waals surface area (Å²) < 4.78 is 73.7. The molecule has 0 saturated carbocycles. The maximum atomic E-state index is 13.8. The molecule has 0 bridgehead atoms. The second-order valence-electron chi connectivity index (χ2n) is 17.8. The molecule has 0 unspecified atom stereocenters. The number of rotatable bonds is 21. The molecule has 3 fully saturated rings. The van der Waals surface area contributed by atoms with Crippen LogP contribution in [0.4, 0.5) is 0 Å². The molecular weight excluding hydrogens is 893 g/mol. The van der Waals surface area contributed by atoms with Crippen LogP contribution in [-0.4, -0.2) is 92.4 Å². The summed E-state index contributed by atoms with van der Waals surface area (Å²) in [7, 11) is 0. The average Bonchev–Trinajstić information content (AvgIpc) is 3.87. The Balaban J connectivity index is 1.10. The van der Waals surface area contributed by atoms with Crippen molar-refractivity contribution < 1.29 is 61.7 Å². The van der Waals surface area contributed by atoms with Crippen LogP contribution in [0, 0.1) is 0 Å². The van der Waals surface area contributed by atoms with E-state index in [2.05, 4.69) is 0 Å². The van der Waals surface area contributed by atoms with Gasteiger partial charge < -0.3 is 52.1 Å². The third-order valence-corrected chi connectivity index (χ3v) is 12.2. The van der Waals surface area contributed by atoms with E-state index in [0.717, 1.165) is 22.3 Å². The van der Waals surface area contributed by atoms with E-state index in [0.29, 0.717) is 11.1 Å². The molecule has 0 radical (unpaired) electrons. The fraction of sp³-hybridized carbons (Fsp3) is 0.333. The predicted octanol–water partition coefficient (Wildman–Crippen LogP) is 9.03. The lowest BCUT2D eigenvalue weighted by Crippen LogP contribution is -2.64. The zero-order chi connectivity index (χ0) is 48.2. The molecule has 6 aromatic rings. The van der Waals surface area contributed by atoms with E-state index in [-0.39, 0.29) is 39.6 Å². The first-order valence-corrected chi connectivity index (χ1v) is 23.6. The topological polar surface area (TPSA) is 136 Å². The van der Waals surface area contributed by atoms with Crippen LogP contribution >= 0.6 is 0 Å². The number of ether oxygens (including phenoxy) is 11. The highest BCUT2D eigenvalue weighted by atomic mass is 16.9. The van der Waals surface area contributed by atoms with E-state index in [4.69, 9.17) is 52.1 Å². The number of carbonyl (C=O) groups excluding carboxylic acids is 2. The third kappa shape index (κ3) is 12.4. The van der Waals surface area contributed by atoms with E-state index in [1.54, 1.807) is 62.4 Å². The molecule has 0 aromatic heterocycles. The molecule has 0 N–H and O–H groups in total. The van der Waals surface area contributed by atoms with Gasteiger partial charge in [0.25, 0.3) is 0 Å². The maximum absolute atomic E-state index is 13.8. The van der Waals surface area contributed by atoms with Crippen LogP contribution < -0.4 is 0 Å². The van der Waals surface area contributed by atoms with Crippen molar-refractivity contribution in [2.24, 2.45) is 0 Å². The number of benzene rings is 6. The zero-order valence-electron chi connectivity index (χ0n) is 39.2. The lowest BCUT2D eigenvalue weighted by Gasteiger charge is -2.48. The molecule has 0 amide bonds. The summed E-state index contributed by atoms with van der Waals surface area (Å²) in [6.07, 6.45) is -7.68. The molecule has 9 atom stereocenters. The Morgan fingerprint density at radius 1 is 0.471 bits per heavy atom. The highest BCUT2D eigenvalue weighted by molar-refractivity contribution is 5.89. The van der Waals surface area contributed by atoms with Crippen LogP contribution in [-0.2, 0) is 78.5 Å². The van der Waals surface area contributed by atoms with Gasteiger partial charge in [-0.15, -0.1) is 0 Å². The molecule has 70 heavy (non-hydrogen) atoms. The molecule has 3 aliphatic heterocycles. The zero-order valence-corrected chi connectivity index (χ0v) is 39.2. The minimum Gasteiger partial charge on any atom is -0.459 e. The summed E-state index contributed by atoms with van der Waals surface area (Å²) in [5.74, 6) is -4.30. The number of fused-ring (bicyclic) bond motifs is 1. The van der Waals surface area contributed by atoms with Gasteiger partial charge in [0.1, 0.15) is 55.9 Å². The van der Waals surface area contributed by atoms with Crippen molar-refractivity contribution in [2.45, 2.75) is 101 Å². The van der Waals surface area contributed by atoms with Gasteiger partial charge in [0.05, 0.1) is 44.2 Å². The standard InChI is InChI=1S/C57H58O13/c1-56(2)68-49-47(38-64-53(58)44-29-17-7-18-30-44)67-57(52(49)69-56,39-65-54(59)45-31-19-8-20-32-45)70-55-51(63-36-43-27-15-6-16-28-43)50(62-35-42-25-13-5-14-26-42)48(61-34-41-23-11-4-12-24-41)46(66-55)37-60-33-40-21-9-3-10-22-40/h3-32,46-52,55H,33-39H2,1-2H3/t46-,47-,48-,49-,50+,51+,52-,55-,57+/m1/s1. The molecule has 0 spiro atoms. The van der Waals surface area contributed by atoms with Gasteiger partial charge in [-0.05, 0) is 60.4 Å². The second-order valence-corrected chi connectivity index (χ2v) is 17.8. The molecule has 6 aromatic carbocycles. The molecule has 3 saturated heterocycles. The summed E-state index contributed by atoms with van der Waals surface area (Å²) in [6, 6.07) is 56.5. The lowest BCUT2D eigenvalue weighted by molar-refractivity contribution is -0.399. The van der Waals surface area contributed by atoms with Gasteiger partial charge in [-0.3, -0.25) is 0 Å². The van der Waals surface area contributed by atoms with Crippen LogP contribution in [0.1, 0.15) is 56.8 Å². The van der Waals surface area contributed by atoms with Crippen molar-refractivity contribution in [3.05, 3.63) is 215 Å². The summed E-state index contributed by atoms with van der Waals surface area (Å²) in [6.45, 7) is 3.68. The summed E-state index contributed by atoms with van der Waals surface area (Å²) >= 11 is 0. The predicted molar refractivity (Wildman–Crippen MR) is 256 cm³/mol. The number of carbonyl (C=O) groups is 2. The maximum Gasteiger partial charge on any atom is 0.338 e. The van der Waals surface area contributed by atoms with E-state index in [9.17, 15) is 9.59 Å². The van der Waals surface area contributed by atoms with E-state index in [1.165, 1.54) is 0 Å². The molecule has 0 aliphatic carbocycles. The number of hydrogen-bond donors (Lipinski definition) is 0.